The first-order valence-corrected chi connectivity index (χ1v) is 10.8. The maximum absolute atomic E-state index is 12.8. The van der Waals surface area contributed by atoms with Crippen LogP contribution in [0.25, 0.3) is 0 Å². The van der Waals surface area contributed by atoms with E-state index in [1.165, 1.54) is 17.7 Å². The van der Waals surface area contributed by atoms with Crippen LogP contribution in [0.3, 0.4) is 0 Å². The van der Waals surface area contributed by atoms with Gasteiger partial charge in [-0.05, 0) is 39.3 Å². The summed E-state index contributed by atoms with van der Waals surface area (Å²) in [5, 5.41) is -0.441. The van der Waals surface area contributed by atoms with Gasteiger partial charge in [-0.25, -0.2) is 17.9 Å². The van der Waals surface area contributed by atoms with E-state index in [4.69, 9.17) is 10.2 Å². The Morgan fingerprint density at radius 2 is 1.93 bits per heavy atom. The summed E-state index contributed by atoms with van der Waals surface area (Å²) in [6.07, 6.45) is 1.44. The van der Waals surface area contributed by atoms with Crippen molar-refractivity contribution < 1.29 is 17.6 Å². The zero-order valence-electron chi connectivity index (χ0n) is 17.6. The molecule has 0 aromatic carbocycles. The summed E-state index contributed by atoms with van der Waals surface area (Å²) in [5.74, 6) is -1.27. The van der Waals surface area contributed by atoms with Crippen LogP contribution in [0, 0.1) is 0 Å². The van der Waals surface area contributed by atoms with Gasteiger partial charge in [0.25, 0.3) is 21.5 Å². The number of aromatic amines is 1. The summed E-state index contributed by atoms with van der Waals surface area (Å²) >= 11 is 0. The summed E-state index contributed by atoms with van der Waals surface area (Å²) in [6.45, 7) is 7.19. The lowest BCUT2D eigenvalue weighted by atomic mass is 10.1. The van der Waals surface area contributed by atoms with Crippen LogP contribution in [0.1, 0.15) is 51.1 Å². The minimum Gasteiger partial charge on any atom is -0.438 e. The fraction of sp³-hybridized carbons (Fsp3) is 0.500. The molecule has 0 aliphatic carbocycles. The first-order chi connectivity index (χ1) is 13.8. The fourth-order valence-electron chi connectivity index (χ4n) is 2.74. The number of rotatable bonds is 7. The summed E-state index contributed by atoms with van der Waals surface area (Å²) in [6, 6.07) is 2.33. The van der Waals surface area contributed by atoms with E-state index >= 15 is 0 Å². The van der Waals surface area contributed by atoms with Crippen LogP contribution in [-0.2, 0) is 16.6 Å². The van der Waals surface area contributed by atoms with Gasteiger partial charge in [-0.15, -0.1) is 0 Å². The lowest BCUT2D eigenvalue weighted by molar-refractivity contribution is 0.0961. The number of H-pyrrole nitrogens is 1. The van der Waals surface area contributed by atoms with E-state index in [-0.39, 0.29) is 23.8 Å². The van der Waals surface area contributed by atoms with Crippen LogP contribution in [0.5, 0.6) is 0 Å². The van der Waals surface area contributed by atoms with Crippen molar-refractivity contribution in [2.75, 3.05) is 17.7 Å². The number of unbranched alkanes of at least 4 members (excludes halogenated alkanes) is 1. The molecule has 0 aliphatic rings. The molecule has 0 saturated heterocycles. The standard InChI is InChI=1S/C18H27N5O6S/c1-6-7-10-23-14(19)13(15(24)20-17(23)26)22(5)16(25)11-8-9-12(29-11)30(27,28)21-18(2,3)4/h8-9,21H,6-7,10,19H2,1-5H3,(H,20,24,26). The van der Waals surface area contributed by atoms with Gasteiger partial charge in [-0.2, -0.15) is 0 Å². The molecule has 0 unspecified atom stereocenters. The highest BCUT2D eigenvalue weighted by atomic mass is 32.2. The van der Waals surface area contributed by atoms with E-state index in [1.54, 1.807) is 20.8 Å². The largest absolute Gasteiger partial charge is 0.438 e. The van der Waals surface area contributed by atoms with Crippen molar-refractivity contribution in [3.05, 3.63) is 38.7 Å². The van der Waals surface area contributed by atoms with Gasteiger partial charge >= 0.3 is 5.69 Å². The van der Waals surface area contributed by atoms with Gasteiger partial charge in [0.2, 0.25) is 5.09 Å². The number of aromatic nitrogens is 2. The number of hydrogen-bond acceptors (Lipinski definition) is 7. The number of carbonyl (C=O) groups is 1. The van der Waals surface area contributed by atoms with E-state index in [9.17, 15) is 22.8 Å². The number of sulfonamides is 1. The number of nitrogens with zero attached hydrogens (tertiary/aromatic N) is 2. The molecular weight excluding hydrogens is 414 g/mol. The van der Waals surface area contributed by atoms with E-state index in [0.717, 1.165) is 17.4 Å². The molecule has 0 radical (unpaired) electrons. The van der Waals surface area contributed by atoms with Gasteiger partial charge in [0.15, 0.2) is 11.4 Å². The van der Waals surface area contributed by atoms with Gasteiger partial charge in [-0.3, -0.25) is 19.1 Å². The molecule has 2 heterocycles. The minimum absolute atomic E-state index is 0.165. The first kappa shape index (κ1) is 23.4. The van der Waals surface area contributed by atoms with Gasteiger partial charge in [0.1, 0.15) is 5.82 Å². The second kappa shape index (κ2) is 8.48. The highest BCUT2D eigenvalue weighted by Gasteiger charge is 2.28. The molecule has 0 fully saturated rings. The molecule has 12 heteroatoms. The fourth-order valence-corrected chi connectivity index (χ4v) is 4.09. The first-order valence-electron chi connectivity index (χ1n) is 9.33. The third kappa shape index (κ3) is 5.00. The molecule has 1 amide bonds. The lowest BCUT2D eigenvalue weighted by Gasteiger charge is -2.20. The molecule has 0 saturated carbocycles. The molecule has 166 valence electrons. The van der Waals surface area contributed by atoms with Crippen LogP contribution in [0.2, 0.25) is 0 Å². The van der Waals surface area contributed by atoms with Gasteiger partial charge in [0.05, 0.1) is 0 Å². The third-order valence-electron chi connectivity index (χ3n) is 4.09. The predicted molar refractivity (Wildman–Crippen MR) is 112 cm³/mol. The topological polar surface area (TPSA) is 160 Å². The van der Waals surface area contributed by atoms with E-state index < -0.39 is 37.8 Å². The van der Waals surface area contributed by atoms with E-state index in [2.05, 4.69) is 9.71 Å². The van der Waals surface area contributed by atoms with Crippen molar-refractivity contribution >= 4 is 27.4 Å². The number of amides is 1. The summed E-state index contributed by atoms with van der Waals surface area (Å²) < 4.78 is 33.6. The minimum atomic E-state index is -3.99. The predicted octanol–water partition coefficient (Wildman–Crippen LogP) is 0.865. The molecule has 2 aromatic heterocycles. The molecule has 2 aromatic rings. The van der Waals surface area contributed by atoms with Gasteiger partial charge < -0.3 is 15.1 Å². The second-order valence-corrected chi connectivity index (χ2v) is 9.45. The molecule has 4 N–H and O–H groups in total. The zero-order chi connectivity index (χ0) is 22.9. The number of furan rings is 1. The van der Waals surface area contributed by atoms with Crippen molar-refractivity contribution in [1.82, 2.24) is 14.3 Å². The highest BCUT2D eigenvalue weighted by Crippen LogP contribution is 2.21. The normalized spacial score (nSPS) is 12.2. The number of nitrogens with one attached hydrogen (secondary N) is 2. The Balaban J connectivity index is 2.41. The van der Waals surface area contributed by atoms with Crippen LogP contribution in [-0.4, -0.2) is 36.5 Å². The average molecular weight is 442 g/mol. The third-order valence-corrected chi connectivity index (χ3v) is 5.72. The molecule has 2 rings (SSSR count). The van der Waals surface area contributed by atoms with Crippen molar-refractivity contribution in [2.24, 2.45) is 0 Å². The maximum atomic E-state index is 12.8. The van der Waals surface area contributed by atoms with Crippen LogP contribution < -0.4 is 26.6 Å². The molecule has 0 aliphatic heterocycles. The Bertz CT molecular complexity index is 1150. The maximum Gasteiger partial charge on any atom is 0.330 e. The van der Waals surface area contributed by atoms with Crippen molar-refractivity contribution in [3.8, 4) is 0 Å². The average Bonchev–Trinajstić information content (AvgIpc) is 3.09. The molecule has 30 heavy (non-hydrogen) atoms. The Kier molecular flexibility index (Phi) is 6.62. The smallest absolute Gasteiger partial charge is 0.330 e. The monoisotopic (exact) mass is 441 g/mol. The molecule has 11 nitrogen and oxygen atoms in total. The molecular formula is C18H27N5O6S. The Labute approximate surface area is 173 Å². The second-order valence-electron chi connectivity index (χ2n) is 7.84. The summed E-state index contributed by atoms with van der Waals surface area (Å²) in [4.78, 5) is 40.2. The highest BCUT2D eigenvalue weighted by molar-refractivity contribution is 7.89. The van der Waals surface area contributed by atoms with Crippen LogP contribution in [0.4, 0.5) is 11.5 Å². The molecule has 0 bridgehead atoms. The van der Waals surface area contributed by atoms with Crippen molar-refractivity contribution in [1.29, 1.82) is 0 Å². The quantitative estimate of drug-likeness (QED) is 0.574. The molecule has 0 atom stereocenters. The van der Waals surface area contributed by atoms with Crippen molar-refractivity contribution in [2.45, 2.75) is 57.7 Å². The van der Waals surface area contributed by atoms with Gasteiger partial charge in [-0.1, -0.05) is 13.3 Å². The van der Waals surface area contributed by atoms with Gasteiger partial charge in [0, 0.05) is 19.1 Å². The number of nitrogens with two attached hydrogens (primary N) is 1. The number of nitrogen functional groups attached to an aromatic ring is 1. The summed E-state index contributed by atoms with van der Waals surface area (Å²) in [5.41, 5.74) is 3.51. The summed E-state index contributed by atoms with van der Waals surface area (Å²) in [7, 11) is -2.71. The van der Waals surface area contributed by atoms with E-state index in [0.29, 0.717) is 6.42 Å². The number of anilines is 2. The Morgan fingerprint density at radius 1 is 1.30 bits per heavy atom. The molecule has 0 spiro atoms. The van der Waals surface area contributed by atoms with Crippen LogP contribution in [0.15, 0.2) is 31.2 Å². The Morgan fingerprint density at radius 3 is 2.50 bits per heavy atom. The van der Waals surface area contributed by atoms with E-state index in [1.807, 2.05) is 6.92 Å². The Hall–Kier alpha value is -2.86. The number of carbonyl (C=O) groups excluding carboxylic acids is 1. The number of hydrogen-bond donors (Lipinski definition) is 3. The van der Waals surface area contributed by atoms with Crippen molar-refractivity contribution in [3.63, 3.8) is 0 Å². The zero-order valence-corrected chi connectivity index (χ0v) is 18.4. The SMILES string of the molecule is CCCCn1c(N)c(N(C)C(=O)c2ccc(S(=O)(=O)NC(C)(C)C)o2)c(=O)[nH]c1=O. The van der Waals surface area contributed by atoms with Crippen LogP contribution >= 0.6 is 0 Å². The lowest BCUT2D eigenvalue weighted by Crippen LogP contribution is -2.40.